The quantitative estimate of drug-likeness (QED) is 0.532. The van der Waals surface area contributed by atoms with E-state index in [2.05, 4.69) is 10.4 Å². The minimum Gasteiger partial charge on any atom is -0.350 e. The number of nitro benzene ring substituents is 1. The lowest BCUT2D eigenvalue weighted by molar-refractivity contribution is -0.384. The number of nitro groups is 1. The molecule has 0 bridgehead atoms. The number of aryl methyl sites for hydroxylation is 1. The Hall–Kier alpha value is -2.93. The van der Waals surface area contributed by atoms with Gasteiger partial charge in [0.25, 0.3) is 11.6 Å². The van der Waals surface area contributed by atoms with E-state index < -0.39 is 10.3 Å². The molecule has 0 saturated carbocycles. The van der Waals surface area contributed by atoms with Gasteiger partial charge < -0.3 is 5.32 Å². The van der Waals surface area contributed by atoms with Crippen molar-refractivity contribution in [3.63, 3.8) is 0 Å². The number of non-ortho nitro benzene ring substituents is 1. The molecule has 0 unspecified atom stereocenters. The molecule has 3 aromatic rings. The molecule has 0 aliphatic carbocycles. The van der Waals surface area contributed by atoms with Gasteiger partial charge in [-0.15, -0.1) is 0 Å². The van der Waals surface area contributed by atoms with Crippen LogP contribution in [0.2, 0.25) is 5.02 Å². The van der Waals surface area contributed by atoms with E-state index in [1.165, 1.54) is 12.1 Å². The molecule has 1 aromatic heterocycles. The summed E-state index contributed by atoms with van der Waals surface area (Å²) in [5.74, 6) is -0.280. The summed E-state index contributed by atoms with van der Waals surface area (Å²) >= 11 is 6.24. The van der Waals surface area contributed by atoms with Gasteiger partial charge in [0, 0.05) is 36.5 Å². The lowest BCUT2D eigenvalue weighted by atomic mass is 9.84. The fourth-order valence-corrected chi connectivity index (χ4v) is 3.46. The van der Waals surface area contributed by atoms with E-state index in [-0.39, 0.29) is 11.6 Å². The summed E-state index contributed by atoms with van der Waals surface area (Å²) in [5.41, 5.74) is 1.37. The number of carbonyl (C=O) groups excluding carboxylic acids is 1. The predicted octanol–water partition coefficient (Wildman–Crippen LogP) is 3.84. The van der Waals surface area contributed by atoms with Gasteiger partial charge in [-0.05, 0) is 11.6 Å². The molecular formula is C19H19ClN4O3. The van der Waals surface area contributed by atoms with Gasteiger partial charge in [-0.3, -0.25) is 19.6 Å². The van der Waals surface area contributed by atoms with Crippen molar-refractivity contribution in [1.82, 2.24) is 15.1 Å². The first-order valence-corrected chi connectivity index (χ1v) is 8.73. The van der Waals surface area contributed by atoms with Gasteiger partial charge in [-0.2, -0.15) is 5.10 Å². The van der Waals surface area contributed by atoms with E-state index in [4.69, 9.17) is 11.6 Å². The molecule has 3 rings (SSSR count). The molecule has 1 N–H and O–H groups in total. The largest absolute Gasteiger partial charge is 0.350 e. The third kappa shape index (κ3) is 3.64. The van der Waals surface area contributed by atoms with Gasteiger partial charge in [0.05, 0.1) is 15.5 Å². The molecule has 7 nitrogen and oxygen atoms in total. The lowest BCUT2D eigenvalue weighted by Gasteiger charge is -2.26. The maximum absolute atomic E-state index is 12.7. The van der Waals surface area contributed by atoms with Gasteiger partial charge in [0.1, 0.15) is 0 Å². The van der Waals surface area contributed by atoms with Gasteiger partial charge >= 0.3 is 0 Å². The molecule has 0 aliphatic heterocycles. The van der Waals surface area contributed by atoms with Crippen molar-refractivity contribution >= 4 is 34.1 Å². The third-order valence-electron chi connectivity index (χ3n) is 4.56. The summed E-state index contributed by atoms with van der Waals surface area (Å²) < 4.78 is 1.67. The number of hydrogen-bond donors (Lipinski definition) is 1. The maximum Gasteiger partial charge on any atom is 0.272 e. The number of halogens is 1. The molecule has 1 amide bonds. The molecule has 2 aromatic carbocycles. The summed E-state index contributed by atoms with van der Waals surface area (Å²) in [6.45, 7) is 4.13. The number of aromatic nitrogens is 2. The van der Waals surface area contributed by atoms with Gasteiger partial charge in [0.15, 0.2) is 5.69 Å². The standard InChI is InChI=1S/C19H19ClN4O3/c1-19(2,14-9-8-12(24(26)27)10-15(14)20)11-21-18(25)17-13-6-4-5-7-16(13)23(3)22-17/h4-10H,11H2,1-3H3,(H,21,25). The van der Waals surface area contributed by atoms with Crippen LogP contribution in [0.5, 0.6) is 0 Å². The average molecular weight is 387 g/mol. The van der Waals surface area contributed by atoms with E-state index in [9.17, 15) is 14.9 Å². The second kappa shape index (κ2) is 7.00. The molecule has 0 atom stereocenters. The molecule has 8 heteroatoms. The highest BCUT2D eigenvalue weighted by molar-refractivity contribution is 6.31. The summed E-state index contributed by atoms with van der Waals surface area (Å²) in [6, 6.07) is 11.9. The van der Waals surface area contributed by atoms with Crippen LogP contribution >= 0.6 is 11.6 Å². The van der Waals surface area contributed by atoms with Crippen LogP contribution < -0.4 is 5.32 Å². The van der Waals surface area contributed by atoms with Crippen molar-refractivity contribution in [3.05, 3.63) is 68.9 Å². The number of nitrogens with one attached hydrogen (secondary N) is 1. The average Bonchev–Trinajstić information content (AvgIpc) is 2.96. The Labute approximate surface area is 161 Å². The van der Waals surface area contributed by atoms with Crippen molar-refractivity contribution in [1.29, 1.82) is 0 Å². The Morgan fingerprint density at radius 2 is 2.00 bits per heavy atom. The van der Waals surface area contributed by atoms with Crippen LogP contribution in [0.1, 0.15) is 29.9 Å². The second-order valence-corrected chi connectivity index (χ2v) is 7.38. The molecule has 0 aliphatic rings. The van der Waals surface area contributed by atoms with Crippen LogP contribution in [0, 0.1) is 10.1 Å². The van der Waals surface area contributed by atoms with Crippen molar-refractivity contribution < 1.29 is 9.72 Å². The highest BCUT2D eigenvalue weighted by atomic mass is 35.5. The minimum absolute atomic E-state index is 0.0662. The van der Waals surface area contributed by atoms with Gasteiger partial charge in [0.2, 0.25) is 0 Å². The number of para-hydroxylation sites is 1. The first-order chi connectivity index (χ1) is 12.7. The fraction of sp³-hybridized carbons (Fsp3) is 0.263. The van der Waals surface area contributed by atoms with Crippen molar-refractivity contribution in [2.24, 2.45) is 7.05 Å². The summed E-state index contributed by atoms with van der Waals surface area (Å²) in [6.07, 6.45) is 0. The summed E-state index contributed by atoms with van der Waals surface area (Å²) in [7, 11) is 1.79. The van der Waals surface area contributed by atoms with E-state index in [0.717, 1.165) is 16.5 Å². The molecular weight excluding hydrogens is 368 g/mol. The molecule has 1 heterocycles. The molecule has 140 valence electrons. The Morgan fingerprint density at radius 1 is 1.30 bits per heavy atom. The highest BCUT2D eigenvalue weighted by Gasteiger charge is 2.26. The molecule has 0 fully saturated rings. The maximum atomic E-state index is 12.7. The number of carbonyl (C=O) groups is 1. The predicted molar refractivity (Wildman–Crippen MR) is 104 cm³/mol. The Bertz CT molecular complexity index is 1040. The normalized spacial score (nSPS) is 11.6. The smallest absolute Gasteiger partial charge is 0.272 e. The lowest BCUT2D eigenvalue weighted by Crippen LogP contribution is -2.37. The van der Waals surface area contributed by atoms with E-state index in [0.29, 0.717) is 17.3 Å². The number of amides is 1. The van der Waals surface area contributed by atoms with Crippen LogP contribution in [0.25, 0.3) is 10.9 Å². The molecule has 0 radical (unpaired) electrons. The first-order valence-electron chi connectivity index (χ1n) is 8.35. The SMILES string of the molecule is Cn1nc(C(=O)NCC(C)(C)c2ccc([N+](=O)[O-])cc2Cl)c2ccccc21. The fourth-order valence-electron chi connectivity index (χ4n) is 3.03. The van der Waals surface area contributed by atoms with Crippen LogP contribution in [0.4, 0.5) is 5.69 Å². The van der Waals surface area contributed by atoms with E-state index in [1.807, 2.05) is 38.1 Å². The zero-order chi connectivity index (χ0) is 19.8. The Morgan fingerprint density at radius 3 is 2.67 bits per heavy atom. The Kier molecular flexibility index (Phi) is 4.89. The van der Waals surface area contributed by atoms with Crippen molar-refractivity contribution in [3.8, 4) is 0 Å². The second-order valence-electron chi connectivity index (χ2n) is 6.98. The van der Waals surface area contributed by atoms with Crippen molar-refractivity contribution in [2.45, 2.75) is 19.3 Å². The van der Waals surface area contributed by atoms with Crippen LogP contribution in [-0.2, 0) is 12.5 Å². The van der Waals surface area contributed by atoms with Crippen LogP contribution in [-0.4, -0.2) is 27.2 Å². The zero-order valence-electron chi connectivity index (χ0n) is 15.2. The van der Waals surface area contributed by atoms with E-state index in [1.54, 1.807) is 17.8 Å². The third-order valence-corrected chi connectivity index (χ3v) is 4.87. The monoisotopic (exact) mass is 386 g/mol. The van der Waals surface area contributed by atoms with Crippen LogP contribution in [0.15, 0.2) is 42.5 Å². The van der Waals surface area contributed by atoms with Gasteiger partial charge in [-0.25, -0.2) is 0 Å². The number of nitrogens with zero attached hydrogens (tertiary/aromatic N) is 3. The first kappa shape index (κ1) is 18.8. The number of hydrogen-bond acceptors (Lipinski definition) is 4. The number of rotatable bonds is 5. The van der Waals surface area contributed by atoms with Crippen LogP contribution in [0.3, 0.4) is 0 Å². The van der Waals surface area contributed by atoms with Gasteiger partial charge in [-0.1, -0.05) is 49.7 Å². The topological polar surface area (TPSA) is 90.1 Å². The number of benzene rings is 2. The highest BCUT2D eigenvalue weighted by Crippen LogP contribution is 2.32. The summed E-state index contributed by atoms with van der Waals surface area (Å²) in [4.78, 5) is 23.1. The molecule has 0 saturated heterocycles. The molecule has 27 heavy (non-hydrogen) atoms. The zero-order valence-corrected chi connectivity index (χ0v) is 15.9. The Balaban J connectivity index is 1.80. The summed E-state index contributed by atoms with van der Waals surface area (Å²) in [5, 5.41) is 19.2. The minimum atomic E-state index is -0.521. The van der Waals surface area contributed by atoms with Crippen molar-refractivity contribution in [2.75, 3.05) is 6.54 Å². The molecule has 0 spiro atoms. The van der Waals surface area contributed by atoms with E-state index >= 15 is 0 Å². The number of fused-ring (bicyclic) bond motifs is 1.